The number of hydrogen-bond donors (Lipinski definition) is 1. The summed E-state index contributed by atoms with van der Waals surface area (Å²) >= 11 is 0. The van der Waals surface area contributed by atoms with E-state index < -0.39 is 0 Å². The van der Waals surface area contributed by atoms with Crippen molar-refractivity contribution in [1.82, 2.24) is 10.2 Å². The first-order valence-electron chi connectivity index (χ1n) is 8.79. The van der Waals surface area contributed by atoms with Gasteiger partial charge in [0.05, 0.1) is 6.61 Å². The number of hydrogen-bond acceptors (Lipinski definition) is 3. The molecule has 1 N–H and O–H groups in total. The van der Waals surface area contributed by atoms with Gasteiger partial charge in [-0.1, -0.05) is 19.8 Å². The quantitative estimate of drug-likeness (QED) is 0.740. The molecule has 1 heterocycles. The van der Waals surface area contributed by atoms with Crippen molar-refractivity contribution < 1.29 is 4.74 Å². The molecule has 0 spiro atoms. The summed E-state index contributed by atoms with van der Waals surface area (Å²) in [7, 11) is 1.82. The average molecular weight is 282 g/mol. The van der Waals surface area contributed by atoms with Gasteiger partial charge >= 0.3 is 0 Å². The molecule has 1 aliphatic heterocycles. The van der Waals surface area contributed by atoms with Gasteiger partial charge in [0.15, 0.2) is 0 Å². The van der Waals surface area contributed by atoms with Gasteiger partial charge in [0.2, 0.25) is 0 Å². The summed E-state index contributed by atoms with van der Waals surface area (Å²) in [5.41, 5.74) is 0. The minimum Gasteiger partial charge on any atom is -0.383 e. The van der Waals surface area contributed by atoms with Crippen molar-refractivity contribution in [2.24, 2.45) is 5.92 Å². The van der Waals surface area contributed by atoms with E-state index in [1.165, 1.54) is 64.5 Å². The Hall–Kier alpha value is -0.120. The predicted molar refractivity (Wildman–Crippen MR) is 85.1 cm³/mol. The number of nitrogens with zero attached hydrogens (tertiary/aromatic N) is 1. The molecule has 2 aliphatic rings. The average Bonchev–Trinajstić information content (AvgIpc) is 2.98. The van der Waals surface area contributed by atoms with E-state index in [2.05, 4.69) is 17.1 Å². The molecule has 0 aromatic carbocycles. The Morgan fingerprint density at radius 1 is 1.15 bits per heavy atom. The number of nitrogens with one attached hydrogen (secondary N) is 1. The lowest BCUT2D eigenvalue weighted by Crippen LogP contribution is -2.46. The molecule has 2 rings (SSSR count). The van der Waals surface area contributed by atoms with Crippen molar-refractivity contribution >= 4 is 0 Å². The van der Waals surface area contributed by atoms with Crippen molar-refractivity contribution in [1.29, 1.82) is 0 Å². The summed E-state index contributed by atoms with van der Waals surface area (Å²) in [5.74, 6) is 1.00. The Morgan fingerprint density at radius 3 is 2.55 bits per heavy atom. The smallest absolute Gasteiger partial charge is 0.0589 e. The van der Waals surface area contributed by atoms with E-state index in [4.69, 9.17) is 4.74 Å². The maximum atomic E-state index is 5.33. The first kappa shape index (κ1) is 16.3. The van der Waals surface area contributed by atoms with Gasteiger partial charge in [-0.2, -0.15) is 0 Å². The lowest BCUT2D eigenvalue weighted by Gasteiger charge is -2.38. The Kier molecular flexibility index (Phi) is 7.32. The summed E-state index contributed by atoms with van der Waals surface area (Å²) in [6, 6.07) is 1.53. The van der Waals surface area contributed by atoms with E-state index >= 15 is 0 Å². The molecule has 3 nitrogen and oxygen atoms in total. The van der Waals surface area contributed by atoms with Crippen LogP contribution in [0.4, 0.5) is 0 Å². The fourth-order valence-electron chi connectivity index (χ4n) is 4.03. The van der Waals surface area contributed by atoms with E-state index in [0.717, 1.165) is 31.2 Å². The fraction of sp³-hybridized carbons (Fsp3) is 1.00. The largest absolute Gasteiger partial charge is 0.383 e. The molecule has 3 heteroatoms. The molecule has 1 atom stereocenters. The van der Waals surface area contributed by atoms with Gasteiger partial charge in [0.1, 0.15) is 0 Å². The van der Waals surface area contributed by atoms with Crippen LogP contribution in [0, 0.1) is 5.92 Å². The molecule has 1 saturated heterocycles. The molecule has 118 valence electrons. The standard InChI is InChI=1S/C17H34N2O/c1-3-5-15-7-9-17(10-8-15)19(12-13-20-2)14-16-6-4-11-18-16/h15-18H,3-14H2,1-2H3. The lowest BCUT2D eigenvalue weighted by atomic mass is 9.83. The number of rotatable bonds is 8. The summed E-state index contributed by atoms with van der Waals surface area (Å²) in [5, 5.41) is 3.65. The molecule has 0 aromatic rings. The number of methoxy groups -OCH3 is 1. The van der Waals surface area contributed by atoms with Crippen LogP contribution in [0.2, 0.25) is 0 Å². The second-order valence-corrected chi connectivity index (χ2v) is 6.74. The van der Waals surface area contributed by atoms with Crippen LogP contribution in [0.5, 0.6) is 0 Å². The lowest BCUT2D eigenvalue weighted by molar-refractivity contribution is 0.0852. The minimum atomic E-state index is 0.722. The van der Waals surface area contributed by atoms with E-state index in [0.29, 0.717) is 0 Å². The van der Waals surface area contributed by atoms with Crippen LogP contribution in [0.15, 0.2) is 0 Å². The van der Waals surface area contributed by atoms with Crippen molar-refractivity contribution in [3.63, 3.8) is 0 Å². The Morgan fingerprint density at radius 2 is 1.95 bits per heavy atom. The second kappa shape index (κ2) is 9.01. The zero-order valence-corrected chi connectivity index (χ0v) is 13.6. The molecule has 0 amide bonds. The molecule has 20 heavy (non-hydrogen) atoms. The highest BCUT2D eigenvalue weighted by Crippen LogP contribution is 2.30. The van der Waals surface area contributed by atoms with Crippen LogP contribution < -0.4 is 5.32 Å². The maximum Gasteiger partial charge on any atom is 0.0589 e. The van der Waals surface area contributed by atoms with Crippen molar-refractivity contribution in [2.45, 2.75) is 70.4 Å². The minimum absolute atomic E-state index is 0.722. The molecule has 2 fully saturated rings. The van der Waals surface area contributed by atoms with Crippen molar-refractivity contribution in [3.05, 3.63) is 0 Å². The normalized spacial score (nSPS) is 31.1. The predicted octanol–water partition coefficient (Wildman–Crippen LogP) is 3.05. The Bertz CT molecular complexity index is 245. The molecule has 1 saturated carbocycles. The van der Waals surface area contributed by atoms with Crippen molar-refractivity contribution in [2.75, 3.05) is 33.4 Å². The highest BCUT2D eigenvalue weighted by Gasteiger charge is 2.27. The Balaban J connectivity index is 1.79. The van der Waals surface area contributed by atoms with E-state index in [-0.39, 0.29) is 0 Å². The molecule has 0 bridgehead atoms. The molecule has 1 unspecified atom stereocenters. The highest BCUT2D eigenvalue weighted by molar-refractivity contribution is 4.84. The molecule has 1 aliphatic carbocycles. The molecule has 0 radical (unpaired) electrons. The Labute approximate surface area is 125 Å². The van der Waals surface area contributed by atoms with Crippen LogP contribution in [0.1, 0.15) is 58.3 Å². The van der Waals surface area contributed by atoms with Gasteiger partial charge in [-0.15, -0.1) is 0 Å². The third-order valence-electron chi connectivity index (χ3n) is 5.23. The van der Waals surface area contributed by atoms with Gasteiger partial charge < -0.3 is 10.1 Å². The highest BCUT2D eigenvalue weighted by atomic mass is 16.5. The van der Waals surface area contributed by atoms with Crippen LogP contribution in [0.25, 0.3) is 0 Å². The third-order valence-corrected chi connectivity index (χ3v) is 5.23. The summed E-state index contributed by atoms with van der Waals surface area (Å²) in [4.78, 5) is 2.72. The van der Waals surface area contributed by atoms with Crippen LogP contribution in [-0.2, 0) is 4.74 Å². The zero-order valence-electron chi connectivity index (χ0n) is 13.6. The summed E-state index contributed by atoms with van der Waals surface area (Å²) in [6.07, 6.45) is 11.2. The fourth-order valence-corrected chi connectivity index (χ4v) is 4.03. The SMILES string of the molecule is CCCC1CCC(N(CCOC)CC2CCCN2)CC1. The van der Waals surface area contributed by atoms with Crippen LogP contribution >= 0.6 is 0 Å². The zero-order chi connectivity index (χ0) is 14.2. The van der Waals surface area contributed by atoms with E-state index in [9.17, 15) is 0 Å². The first-order chi connectivity index (χ1) is 9.83. The third kappa shape index (κ3) is 5.01. The van der Waals surface area contributed by atoms with Crippen LogP contribution in [0.3, 0.4) is 0 Å². The van der Waals surface area contributed by atoms with Gasteiger partial charge in [0, 0.05) is 32.3 Å². The summed E-state index contributed by atoms with van der Waals surface area (Å²) in [6.45, 7) is 6.75. The van der Waals surface area contributed by atoms with Crippen molar-refractivity contribution in [3.8, 4) is 0 Å². The molecule has 0 aromatic heterocycles. The van der Waals surface area contributed by atoms with Gasteiger partial charge in [-0.25, -0.2) is 0 Å². The second-order valence-electron chi connectivity index (χ2n) is 6.74. The van der Waals surface area contributed by atoms with Gasteiger partial charge in [0.25, 0.3) is 0 Å². The maximum absolute atomic E-state index is 5.33. The van der Waals surface area contributed by atoms with Gasteiger partial charge in [-0.05, 0) is 51.0 Å². The molecular formula is C17H34N2O. The monoisotopic (exact) mass is 282 g/mol. The topological polar surface area (TPSA) is 24.5 Å². The first-order valence-corrected chi connectivity index (χ1v) is 8.79. The summed E-state index contributed by atoms with van der Waals surface area (Å²) < 4.78 is 5.33. The number of ether oxygens (including phenoxy) is 1. The van der Waals surface area contributed by atoms with E-state index in [1.807, 2.05) is 7.11 Å². The van der Waals surface area contributed by atoms with Gasteiger partial charge in [-0.3, -0.25) is 4.90 Å². The van der Waals surface area contributed by atoms with E-state index in [1.54, 1.807) is 0 Å². The molecular weight excluding hydrogens is 248 g/mol. The van der Waals surface area contributed by atoms with Crippen LogP contribution in [-0.4, -0.2) is 50.3 Å².